The monoisotopic (exact) mass is 357 g/mol. The number of hydrogen-bond donors (Lipinski definition) is 1. The van der Waals surface area contributed by atoms with Gasteiger partial charge in [0.05, 0.1) is 12.1 Å². The molecule has 3 aromatic heterocycles. The molecule has 0 bridgehead atoms. The zero-order valence-corrected chi connectivity index (χ0v) is 15.4. The fraction of sp³-hybridized carbons (Fsp3) is 0.500. The predicted molar refractivity (Wildman–Crippen MR) is 100 cm³/mol. The van der Waals surface area contributed by atoms with Crippen LogP contribution in [0.15, 0.2) is 28.6 Å². The molecule has 1 aliphatic rings. The fourth-order valence-electron chi connectivity index (χ4n) is 3.64. The molecule has 0 amide bonds. The van der Waals surface area contributed by atoms with Gasteiger partial charge in [-0.1, -0.05) is 0 Å². The summed E-state index contributed by atoms with van der Waals surface area (Å²) in [4.78, 5) is 26.6. The molecule has 0 unspecified atom stereocenters. The number of rotatable bonds is 4. The van der Waals surface area contributed by atoms with Gasteiger partial charge in [-0.3, -0.25) is 9.69 Å². The summed E-state index contributed by atoms with van der Waals surface area (Å²) in [5, 5.41) is 1.92. The summed E-state index contributed by atoms with van der Waals surface area (Å²) < 4.78 is 2.99. The average molecular weight is 357 g/mol. The van der Waals surface area contributed by atoms with Crippen LogP contribution in [0.2, 0.25) is 0 Å². The number of H-pyrrole nitrogens is 1. The van der Waals surface area contributed by atoms with Crippen LogP contribution < -0.4 is 5.56 Å². The van der Waals surface area contributed by atoms with E-state index in [-0.39, 0.29) is 5.56 Å². The highest BCUT2D eigenvalue weighted by molar-refractivity contribution is 7.17. The van der Waals surface area contributed by atoms with Crippen LogP contribution in [-0.2, 0) is 6.54 Å². The Kier molecular flexibility index (Phi) is 4.43. The Hall–Kier alpha value is -1.99. The number of likely N-dealkylation sites (tertiary alicyclic amines) is 1. The van der Waals surface area contributed by atoms with Gasteiger partial charge in [-0.25, -0.2) is 9.97 Å². The van der Waals surface area contributed by atoms with Crippen molar-refractivity contribution in [2.45, 2.75) is 45.2 Å². The molecule has 132 valence electrons. The number of hydrogen-bond acceptors (Lipinski definition) is 5. The molecule has 25 heavy (non-hydrogen) atoms. The van der Waals surface area contributed by atoms with Crippen molar-refractivity contribution in [3.8, 4) is 0 Å². The Morgan fingerprint density at radius 2 is 2.16 bits per heavy atom. The molecule has 1 aliphatic heterocycles. The van der Waals surface area contributed by atoms with Crippen molar-refractivity contribution in [3.05, 3.63) is 45.8 Å². The summed E-state index contributed by atoms with van der Waals surface area (Å²) in [6, 6.07) is 2.36. The molecule has 0 radical (unpaired) electrons. The zero-order chi connectivity index (χ0) is 17.4. The van der Waals surface area contributed by atoms with E-state index in [1.165, 1.54) is 17.2 Å². The number of imidazole rings is 1. The van der Waals surface area contributed by atoms with Gasteiger partial charge in [0.15, 0.2) is 0 Å². The van der Waals surface area contributed by atoms with Crippen LogP contribution >= 0.6 is 11.3 Å². The van der Waals surface area contributed by atoms with Crippen molar-refractivity contribution in [1.82, 2.24) is 24.4 Å². The molecular formula is C18H23N5OS. The Morgan fingerprint density at radius 1 is 1.36 bits per heavy atom. The number of nitrogens with zero attached hydrogens (tertiary/aromatic N) is 4. The number of thiophene rings is 1. The van der Waals surface area contributed by atoms with Crippen molar-refractivity contribution in [1.29, 1.82) is 0 Å². The molecule has 7 heteroatoms. The molecule has 0 saturated carbocycles. The van der Waals surface area contributed by atoms with Crippen LogP contribution in [0.4, 0.5) is 0 Å². The summed E-state index contributed by atoms with van der Waals surface area (Å²) in [6.45, 7) is 7.10. The van der Waals surface area contributed by atoms with Gasteiger partial charge >= 0.3 is 0 Å². The van der Waals surface area contributed by atoms with Gasteiger partial charge in [-0.2, -0.15) is 0 Å². The van der Waals surface area contributed by atoms with E-state index in [9.17, 15) is 4.79 Å². The second kappa shape index (κ2) is 6.72. The van der Waals surface area contributed by atoms with Gasteiger partial charge in [0, 0.05) is 24.4 Å². The minimum atomic E-state index is -0.0242. The normalized spacial score (nSPS) is 16.9. The Labute approximate surface area is 150 Å². The minimum Gasteiger partial charge on any atom is -0.332 e. The standard InChI is InChI=1S/C18H23N5OS/c1-12(2)23-9-6-19-17(23)13-3-7-22(8-4-13)11-15-20-14-5-10-25-16(14)18(24)21-15/h5-6,9-10,12-13H,3-4,7-8,11H2,1-2H3,(H,20,21,24). The summed E-state index contributed by atoms with van der Waals surface area (Å²) in [5.74, 6) is 2.49. The lowest BCUT2D eigenvalue weighted by molar-refractivity contribution is 0.195. The first-order valence-corrected chi connectivity index (χ1v) is 9.71. The molecule has 1 fully saturated rings. The summed E-state index contributed by atoms with van der Waals surface area (Å²) in [7, 11) is 0. The maximum absolute atomic E-state index is 12.1. The molecule has 4 rings (SSSR count). The van der Waals surface area contributed by atoms with Crippen molar-refractivity contribution in [2.75, 3.05) is 13.1 Å². The second-order valence-electron chi connectivity index (χ2n) is 6.98. The topological polar surface area (TPSA) is 66.8 Å². The van der Waals surface area contributed by atoms with E-state index in [4.69, 9.17) is 0 Å². The third-order valence-electron chi connectivity index (χ3n) is 4.94. The maximum Gasteiger partial charge on any atom is 0.268 e. The minimum absolute atomic E-state index is 0.0242. The van der Waals surface area contributed by atoms with Gasteiger partial charge in [-0.15, -0.1) is 11.3 Å². The van der Waals surface area contributed by atoms with E-state index in [1.54, 1.807) is 0 Å². The number of piperidine rings is 1. The summed E-state index contributed by atoms with van der Waals surface area (Å²) >= 11 is 1.44. The van der Waals surface area contributed by atoms with E-state index in [1.807, 2.05) is 17.6 Å². The van der Waals surface area contributed by atoms with Crippen molar-refractivity contribution < 1.29 is 0 Å². The first-order valence-electron chi connectivity index (χ1n) is 8.83. The van der Waals surface area contributed by atoms with Crippen molar-refractivity contribution in [3.63, 3.8) is 0 Å². The van der Waals surface area contributed by atoms with Crippen LogP contribution in [0.1, 0.15) is 50.3 Å². The highest BCUT2D eigenvalue weighted by atomic mass is 32.1. The van der Waals surface area contributed by atoms with Gasteiger partial charge in [0.25, 0.3) is 5.56 Å². The van der Waals surface area contributed by atoms with Crippen LogP contribution in [-0.4, -0.2) is 37.5 Å². The van der Waals surface area contributed by atoms with Gasteiger partial charge in [0.1, 0.15) is 16.3 Å². The third kappa shape index (κ3) is 3.26. The maximum atomic E-state index is 12.1. The van der Waals surface area contributed by atoms with Gasteiger partial charge < -0.3 is 9.55 Å². The molecule has 1 saturated heterocycles. The van der Waals surface area contributed by atoms with Crippen molar-refractivity contribution >= 4 is 21.6 Å². The molecule has 1 N–H and O–H groups in total. The molecule has 0 aliphatic carbocycles. The Morgan fingerprint density at radius 3 is 2.92 bits per heavy atom. The molecule has 0 atom stereocenters. The lowest BCUT2D eigenvalue weighted by Crippen LogP contribution is -2.34. The smallest absolute Gasteiger partial charge is 0.268 e. The largest absolute Gasteiger partial charge is 0.332 e. The Balaban J connectivity index is 1.43. The van der Waals surface area contributed by atoms with E-state index in [0.29, 0.717) is 23.2 Å². The van der Waals surface area contributed by atoms with E-state index in [2.05, 4.69) is 44.5 Å². The highest BCUT2D eigenvalue weighted by Gasteiger charge is 2.25. The SMILES string of the molecule is CC(C)n1ccnc1C1CCN(Cc2nc3ccsc3c(=O)[nH]2)CC1. The first kappa shape index (κ1) is 16.5. The van der Waals surface area contributed by atoms with E-state index in [0.717, 1.165) is 37.3 Å². The predicted octanol–water partition coefficient (Wildman–Crippen LogP) is 3.14. The number of fused-ring (bicyclic) bond motifs is 1. The van der Waals surface area contributed by atoms with Crippen LogP contribution in [0.3, 0.4) is 0 Å². The number of nitrogens with one attached hydrogen (secondary N) is 1. The van der Waals surface area contributed by atoms with Crippen LogP contribution in [0.25, 0.3) is 10.2 Å². The van der Waals surface area contributed by atoms with Crippen LogP contribution in [0, 0.1) is 0 Å². The molecule has 6 nitrogen and oxygen atoms in total. The summed E-state index contributed by atoms with van der Waals surface area (Å²) in [5.41, 5.74) is 0.779. The number of aromatic nitrogens is 4. The first-order chi connectivity index (χ1) is 12.1. The molecular weight excluding hydrogens is 334 g/mol. The van der Waals surface area contributed by atoms with Gasteiger partial charge in [-0.05, 0) is 51.2 Å². The Bertz CT molecular complexity index is 917. The third-order valence-corrected chi connectivity index (χ3v) is 5.85. The average Bonchev–Trinajstić information content (AvgIpc) is 3.24. The second-order valence-corrected chi connectivity index (χ2v) is 7.90. The van der Waals surface area contributed by atoms with Gasteiger partial charge in [0.2, 0.25) is 0 Å². The highest BCUT2D eigenvalue weighted by Crippen LogP contribution is 2.29. The molecule has 0 aromatic carbocycles. The lowest BCUT2D eigenvalue weighted by Gasteiger charge is -2.31. The van der Waals surface area contributed by atoms with E-state index >= 15 is 0 Å². The molecule has 4 heterocycles. The quantitative estimate of drug-likeness (QED) is 0.779. The molecule has 0 spiro atoms. The van der Waals surface area contributed by atoms with E-state index < -0.39 is 0 Å². The van der Waals surface area contributed by atoms with Crippen LogP contribution in [0.5, 0.6) is 0 Å². The number of aromatic amines is 1. The lowest BCUT2D eigenvalue weighted by atomic mass is 9.95. The fourth-order valence-corrected chi connectivity index (χ4v) is 4.36. The zero-order valence-electron chi connectivity index (χ0n) is 14.6. The summed E-state index contributed by atoms with van der Waals surface area (Å²) in [6.07, 6.45) is 6.17. The van der Waals surface area contributed by atoms with Crippen molar-refractivity contribution in [2.24, 2.45) is 0 Å². The molecule has 3 aromatic rings.